The highest BCUT2D eigenvalue weighted by molar-refractivity contribution is 6.16. The summed E-state index contributed by atoms with van der Waals surface area (Å²) in [5.41, 5.74) is 12.6. The minimum Gasteiger partial charge on any atom is -0.507 e. The van der Waals surface area contributed by atoms with Gasteiger partial charge in [0.15, 0.2) is 0 Å². The molecule has 0 bridgehead atoms. The molecule has 0 amide bonds. The smallest absolute Gasteiger partial charge is 0.125 e. The minimum atomic E-state index is 0.228. The molecule has 0 fully saturated rings. The van der Waals surface area contributed by atoms with Crippen LogP contribution < -0.4 is 5.73 Å². The number of hydrogen-bond donors (Lipinski definition) is 2. The lowest BCUT2D eigenvalue weighted by atomic mass is 9.94. The summed E-state index contributed by atoms with van der Waals surface area (Å²) in [4.78, 5) is 4.82. The fraction of sp³-hybridized carbons (Fsp3) is 0.174. The molecule has 0 atom stereocenters. The van der Waals surface area contributed by atoms with Gasteiger partial charge in [0.05, 0.1) is 5.71 Å². The van der Waals surface area contributed by atoms with Crippen molar-refractivity contribution in [2.24, 2.45) is 17.8 Å². The number of allylic oxidation sites excluding steroid dienone is 1. The average Bonchev–Trinajstić information content (AvgIpc) is 3.13. The van der Waals surface area contributed by atoms with Gasteiger partial charge in [-0.25, -0.2) is 0 Å². The topological polar surface area (TPSA) is 63.5 Å². The molecule has 0 unspecified atom stereocenters. The molecule has 136 valence electrons. The van der Waals surface area contributed by atoms with E-state index >= 15 is 0 Å². The van der Waals surface area contributed by atoms with Crippen molar-refractivity contribution in [2.75, 3.05) is 6.54 Å². The van der Waals surface area contributed by atoms with Crippen molar-refractivity contribution in [2.45, 2.75) is 12.8 Å². The zero-order valence-electron chi connectivity index (χ0n) is 15.4. The Balaban J connectivity index is 1.82. The Morgan fingerprint density at radius 1 is 1.00 bits per heavy atom. The summed E-state index contributed by atoms with van der Waals surface area (Å²) in [7, 11) is 1.98. The maximum Gasteiger partial charge on any atom is 0.125 e. The lowest BCUT2D eigenvalue weighted by Gasteiger charge is -2.14. The van der Waals surface area contributed by atoms with Gasteiger partial charge in [-0.3, -0.25) is 4.99 Å². The van der Waals surface area contributed by atoms with Crippen LogP contribution in [0.25, 0.3) is 16.8 Å². The van der Waals surface area contributed by atoms with Gasteiger partial charge in [0, 0.05) is 48.4 Å². The zero-order valence-corrected chi connectivity index (χ0v) is 15.4. The fourth-order valence-corrected chi connectivity index (χ4v) is 3.49. The Kier molecular flexibility index (Phi) is 4.55. The second kappa shape index (κ2) is 7.16. The Morgan fingerprint density at radius 2 is 1.81 bits per heavy atom. The second-order valence-corrected chi connectivity index (χ2v) is 6.88. The number of nitrogens with two attached hydrogens (primary N) is 1. The van der Waals surface area contributed by atoms with Gasteiger partial charge in [0.2, 0.25) is 0 Å². The summed E-state index contributed by atoms with van der Waals surface area (Å²) in [6.45, 7) is 0.702. The third-order valence-corrected chi connectivity index (χ3v) is 4.91. The highest BCUT2D eigenvalue weighted by Gasteiger charge is 2.17. The third-order valence-electron chi connectivity index (χ3n) is 4.91. The van der Waals surface area contributed by atoms with Crippen LogP contribution in [-0.4, -0.2) is 21.9 Å². The summed E-state index contributed by atoms with van der Waals surface area (Å²) in [6.07, 6.45) is 7.92. The first kappa shape index (κ1) is 17.2. The van der Waals surface area contributed by atoms with Crippen molar-refractivity contribution in [3.05, 3.63) is 83.7 Å². The first-order valence-corrected chi connectivity index (χ1v) is 9.19. The van der Waals surface area contributed by atoms with Crippen LogP contribution in [0.4, 0.5) is 0 Å². The van der Waals surface area contributed by atoms with Crippen LogP contribution in [0.2, 0.25) is 0 Å². The van der Waals surface area contributed by atoms with E-state index in [-0.39, 0.29) is 5.75 Å². The van der Waals surface area contributed by atoms with E-state index in [1.807, 2.05) is 72.5 Å². The lowest BCUT2D eigenvalue weighted by molar-refractivity contribution is 0.474. The molecule has 4 heteroatoms. The molecule has 0 saturated heterocycles. The van der Waals surface area contributed by atoms with Gasteiger partial charge in [0.1, 0.15) is 5.75 Å². The molecule has 0 radical (unpaired) electrons. The number of nitrogens with zero attached hydrogens (tertiary/aromatic N) is 2. The molecule has 4 rings (SSSR count). The van der Waals surface area contributed by atoms with Crippen LogP contribution in [0.5, 0.6) is 5.75 Å². The molecular weight excluding hydrogens is 334 g/mol. The number of benzene rings is 2. The number of aryl methyl sites for hydroxylation is 1. The van der Waals surface area contributed by atoms with Gasteiger partial charge < -0.3 is 15.4 Å². The predicted molar refractivity (Wildman–Crippen MR) is 111 cm³/mol. The number of phenolic OH excluding ortho intramolecular Hbond substituents is 1. The van der Waals surface area contributed by atoms with Crippen LogP contribution in [0.3, 0.4) is 0 Å². The molecule has 0 aliphatic carbocycles. The van der Waals surface area contributed by atoms with E-state index in [0.29, 0.717) is 6.54 Å². The Hall–Kier alpha value is -3.27. The fourth-order valence-electron chi connectivity index (χ4n) is 3.49. The molecule has 0 spiro atoms. The third kappa shape index (κ3) is 3.38. The van der Waals surface area contributed by atoms with Crippen LogP contribution in [-0.2, 0) is 7.05 Å². The summed E-state index contributed by atoms with van der Waals surface area (Å²) in [6, 6.07) is 15.8. The molecular formula is C23H23N3O. The second-order valence-electron chi connectivity index (χ2n) is 6.88. The van der Waals surface area contributed by atoms with E-state index in [4.69, 9.17) is 10.7 Å². The van der Waals surface area contributed by atoms with Crippen molar-refractivity contribution >= 4 is 11.4 Å². The molecule has 1 aromatic heterocycles. The SMILES string of the molecule is Cn1ccc(-c2ccc(/C3=N/CCC/C=C(\N)c4ccccc43)c(O)c2)c1. The van der Waals surface area contributed by atoms with E-state index in [1.165, 1.54) is 0 Å². The first-order valence-electron chi connectivity index (χ1n) is 9.19. The normalized spacial score (nSPS) is 18.3. The highest BCUT2D eigenvalue weighted by atomic mass is 16.3. The number of hydrogen-bond acceptors (Lipinski definition) is 3. The molecule has 1 aliphatic heterocycles. The maximum atomic E-state index is 10.8. The average molecular weight is 357 g/mol. The molecule has 27 heavy (non-hydrogen) atoms. The summed E-state index contributed by atoms with van der Waals surface area (Å²) in [5.74, 6) is 0.228. The summed E-state index contributed by atoms with van der Waals surface area (Å²) >= 11 is 0. The van der Waals surface area contributed by atoms with Gasteiger partial charge in [-0.2, -0.15) is 0 Å². The number of aromatic nitrogens is 1. The van der Waals surface area contributed by atoms with Gasteiger partial charge in [-0.1, -0.05) is 36.4 Å². The molecule has 4 nitrogen and oxygen atoms in total. The van der Waals surface area contributed by atoms with Crippen molar-refractivity contribution < 1.29 is 5.11 Å². The van der Waals surface area contributed by atoms with Crippen molar-refractivity contribution in [3.8, 4) is 16.9 Å². The molecule has 1 aliphatic rings. The number of aromatic hydroxyl groups is 1. The largest absolute Gasteiger partial charge is 0.507 e. The summed E-state index contributed by atoms with van der Waals surface area (Å²) < 4.78 is 1.99. The van der Waals surface area contributed by atoms with E-state index in [9.17, 15) is 5.11 Å². The molecule has 2 aromatic carbocycles. The van der Waals surface area contributed by atoms with Crippen molar-refractivity contribution in [3.63, 3.8) is 0 Å². The quantitative estimate of drug-likeness (QED) is 0.717. The van der Waals surface area contributed by atoms with Crippen molar-refractivity contribution in [1.82, 2.24) is 4.57 Å². The van der Waals surface area contributed by atoms with E-state index in [1.54, 1.807) is 0 Å². The maximum absolute atomic E-state index is 10.8. The number of aliphatic imine (C=N–C) groups is 1. The van der Waals surface area contributed by atoms with Gasteiger partial charge in [0.25, 0.3) is 0 Å². The van der Waals surface area contributed by atoms with Crippen molar-refractivity contribution in [1.29, 1.82) is 0 Å². The van der Waals surface area contributed by atoms with Gasteiger partial charge >= 0.3 is 0 Å². The Labute approximate surface area is 159 Å². The van der Waals surface area contributed by atoms with Gasteiger partial charge in [-0.15, -0.1) is 0 Å². The lowest BCUT2D eigenvalue weighted by Crippen LogP contribution is -2.10. The Bertz CT molecular complexity index is 1040. The van der Waals surface area contributed by atoms with E-state index < -0.39 is 0 Å². The number of fused-ring (bicyclic) bond motifs is 1. The van der Waals surface area contributed by atoms with E-state index in [0.717, 1.165) is 52.1 Å². The molecule has 3 aromatic rings. The first-order chi connectivity index (χ1) is 13.1. The zero-order chi connectivity index (χ0) is 18.8. The molecule has 3 N–H and O–H groups in total. The standard InChI is InChI=1S/C23H23N3O/c1-26-13-11-17(15-26)16-9-10-20(22(27)14-16)23-19-7-3-2-6-18(19)21(24)8-4-5-12-25-23/h2-3,6-11,13-15,27H,4-5,12,24H2,1H3/b21-8-,25-23+. The summed E-state index contributed by atoms with van der Waals surface area (Å²) in [5, 5.41) is 10.8. The number of phenols is 1. The monoisotopic (exact) mass is 357 g/mol. The molecule has 2 heterocycles. The van der Waals surface area contributed by atoms with Crippen LogP contribution in [0.1, 0.15) is 29.5 Å². The van der Waals surface area contributed by atoms with Crippen LogP contribution in [0.15, 0.2) is 72.0 Å². The highest BCUT2D eigenvalue weighted by Crippen LogP contribution is 2.30. The predicted octanol–water partition coefficient (Wildman–Crippen LogP) is 4.33. The Morgan fingerprint density at radius 3 is 2.56 bits per heavy atom. The minimum absolute atomic E-state index is 0.228. The van der Waals surface area contributed by atoms with Gasteiger partial charge in [-0.05, 0) is 42.2 Å². The number of rotatable bonds is 2. The van der Waals surface area contributed by atoms with Crippen LogP contribution in [0, 0.1) is 0 Å². The van der Waals surface area contributed by atoms with E-state index in [2.05, 4.69) is 6.08 Å². The van der Waals surface area contributed by atoms with Crippen LogP contribution >= 0.6 is 0 Å². The molecule has 0 saturated carbocycles.